The monoisotopic (exact) mass is 1700 g/mol. The van der Waals surface area contributed by atoms with Gasteiger partial charge in [-0.15, -0.1) is 0 Å². The summed E-state index contributed by atoms with van der Waals surface area (Å²) < 4.78 is 5.47. The summed E-state index contributed by atoms with van der Waals surface area (Å²) in [5.74, 6) is 0. The highest BCUT2D eigenvalue weighted by Gasteiger charge is 2.23. The van der Waals surface area contributed by atoms with E-state index in [-0.39, 0.29) is 6.61 Å². The van der Waals surface area contributed by atoms with Crippen molar-refractivity contribution in [3.05, 3.63) is 296 Å². The number of ether oxygens (including phenoxy) is 1. The number of thiazole rings is 5. The third-order valence-electron chi connectivity index (χ3n) is 19.8. The van der Waals surface area contributed by atoms with Crippen LogP contribution in [0.4, 0.5) is 54.1 Å². The molecule has 10 aromatic heterocycles. The summed E-state index contributed by atoms with van der Waals surface area (Å²) in [5.41, 5.74) is 21.9. The first kappa shape index (κ1) is 87.6. The van der Waals surface area contributed by atoms with Crippen LogP contribution in [0, 0.1) is 34.6 Å². The Kier molecular flexibility index (Phi) is 32.5. The number of morpholine rings is 1. The van der Waals surface area contributed by atoms with Crippen molar-refractivity contribution in [3.63, 3.8) is 0 Å². The molecule has 12 heterocycles. The van der Waals surface area contributed by atoms with Crippen LogP contribution in [-0.2, 0) is 37.5 Å². The van der Waals surface area contributed by atoms with E-state index in [0.29, 0.717) is 0 Å². The third-order valence-corrected chi connectivity index (χ3v) is 24.5. The lowest BCUT2D eigenvalue weighted by atomic mass is 10.1. The van der Waals surface area contributed by atoms with Crippen LogP contribution in [0.5, 0.6) is 0 Å². The van der Waals surface area contributed by atoms with E-state index in [2.05, 4.69) is 248 Å². The van der Waals surface area contributed by atoms with Gasteiger partial charge in [0.25, 0.3) is 0 Å². The van der Waals surface area contributed by atoms with Gasteiger partial charge >= 0.3 is 0 Å². The first-order chi connectivity index (χ1) is 59.1. The fraction of sp³-hybridized carbons (Fsp3) is 0.263. The topological polar surface area (TPSA) is 231 Å². The van der Waals surface area contributed by atoms with Crippen molar-refractivity contribution in [1.29, 1.82) is 0 Å². The van der Waals surface area contributed by atoms with Gasteiger partial charge in [0.05, 0.1) is 53.2 Å². The number of aliphatic hydroxyl groups is 1. The van der Waals surface area contributed by atoms with Crippen molar-refractivity contribution in [2.45, 2.75) is 101 Å². The summed E-state index contributed by atoms with van der Waals surface area (Å²) in [7, 11) is 4.15. The molecule has 2 fully saturated rings. The van der Waals surface area contributed by atoms with Crippen molar-refractivity contribution in [1.82, 2.24) is 69.4 Å². The number of aliphatic hydroxyl groups excluding tert-OH is 1. The van der Waals surface area contributed by atoms with Gasteiger partial charge in [0.2, 0.25) is 0 Å². The average Bonchev–Trinajstić information content (AvgIpc) is 1.69. The lowest BCUT2D eigenvalue weighted by molar-refractivity contribution is 0.0347. The lowest BCUT2D eigenvalue weighted by Gasteiger charge is -2.26. The first-order valence-electron chi connectivity index (χ1n) is 40.8. The minimum Gasteiger partial charge on any atom is -0.391 e. The molecule has 15 aromatic rings. The molecule has 17 rings (SSSR count). The van der Waals surface area contributed by atoms with Crippen molar-refractivity contribution < 1.29 is 9.84 Å². The molecule has 0 amide bonds. The quantitative estimate of drug-likeness (QED) is 0.0296. The molecule has 6 N–H and O–H groups in total. The highest BCUT2D eigenvalue weighted by Crippen LogP contribution is 2.40. The summed E-state index contributed by atoms with van der Waals surface area (Å²) in [6.07, 6.45) is 22.0. The molecule has 5 aromatic carbocycles. The highest BCUT2D eigenvalue weighted by molar-refractivity contribution is 7.17. The molecule has 2 saturated heterocycles. The molecular weight excluding hydrogens is 1600 g/mol. The minimum atomic E-state index is -0.0230. The molecule has 0 unspecified atom stereocenters. The molecule has 0 spiro atoms. The zero-order chi connectivity index (χ0) is 84.1. The molecule has 0 radical (unpaired) electrons. The second-order valence-electron chi connectivity index (χ2n) is 29.7. The molecule has 0 saturated carbocycles. The molecule has 0 aliphatic carbocycles. The maximum atomic E-state index is 9.53. The summed E-state index contributed by atoms with van der Waals surface area (Å²) in [6.45, 7) is 26.5. The van der Waals surface area contributed by atoms with E-state index in [1.165, 1.54) is 91.0 Å². The van der Waals surface area contributed by atoms with E-state index < -0.39 is 0 Å². The van der Waals surface area contributed by atoms with Crippen molar-refractivity contribution in [2.24, 2.45) is 0 Å². The van der Waals surface area contributed by atoms with Gasteiger partial charge in [0.1, 0.15) is 0 Å². The number of aromatic nitrogens is 10. The molecule has 0 bridgehead atoms. The van der Waals surface area contributed by atoms with E-state index in [9.17, 15) is 5.11 Å². The SMILES string of the molecule is CCN(CC)Cc1sc(Nc2cccc(C)c2)nc1-c1ccncc1.Cc1cccc(Nc2nc(-c3ccncc3)c(CN(C)C)s2)c1.Cc1cccc(Nc2nc(-c3ccncc3)c(CN3CCCCC3)s2)c1.Cc1cccc(Nc2nc(-c3ccncc3)c(CN3CCOCC3)s2)c1.Cc1cccc(Nc2nc(-c3ccncc3)c(CO)s2)c1. The molecule has 2 aliphatic rings. The Bertz CT molecular complexity index is 5510. The van der Waals surface area contributed by atoms with Crippen LogP contribution in [0.1, 0.15) is 85.3 Å². The van der Waals surface area contributed by atoms with Gasteiger partial charge in [-0.3, -0.25) is 39.6 Å². The Balaban J connectivity index is 0.000000131. The smallest absolute Gasteiger partial charge is 0.188 e. The second kappa shape index (κ2) is 44.9. The number of hydrogen-bond acceptors (Lipinski definition) is 26. The zero-order valence-electron chi connectivity index (χ0n) is 70.1. The Morgan fingerprint density at radius 2 is 0.603 bits per heavy atom. The predicted octanol–water partition coefficient (Wildman–Crippen LogP) is 22.5. The molecule has 622 valence electrons. The highest BCUT2D eigenvalue weighted by atomic mass is 32.1. The van der Waals surface area contributed by atoms with Crippen LogP contribution in [0.25, 0.3) is 56.3 Å². The van der Waals surface area contributed by atoms with Crippen LogP contribution in [-0.4, -0.2) is 141 Å². The number of nitrogens with one attached hydrogen (secondary N) is 5. The molecule has 121 heavy (non-hydrogen) atoms. The number of nitrogens with zero attached hydrogens (tertiary/aromatic N) is 14. The van der Waals surface area contributed by atoms with Crippen LogP contribution < -0.4 is 26.6 Å². The van der Waals surface area contributed by atoms with Crippen LogP contribution in [0.3, 0.4) is 0 Å². The molecule has 21 nitrogen and oxygen atoms in total. The standard InChI is InChI=1S/C21H24N4S.C20H22N4OS.C20H24N4S.C18H20N4S.C16H15N3OS/c1-16-6-5-7-18(14-16)23-21-24-20(17-8-10-22-11-9-17)19(26-21)15-25-12-3-2-4-13-25;1-15-3-2-4-17(13-15)22-20-23-19(16-5-7-21-8-6-16)18(26-20)14-24-9-11-25-12-10-24;1-4-24(5-2)14-18-19(16-9-11-21-12-10-16)23-20(25-18)22-17-8-6-7-15(3)13-17;1-13-5-4-6-15(11-13)20-18-21-17(14-7-9-19-10-8-14)16(23-18)12-22(2)3;1-11-3-2-4-13(9-11)18-16-19-15(14(10-20)21-16)12-5-7-17-8-6-12/h5-11,14H,2-4,12-13,15H2,1H3,(H,23,24);2-8,13H,9-12,14H2,1H3,(H,22,23);6-13H,4-5,14H2,1-3H3,(H,22,23);4-11H,12H2,1-3H3,(H,20,21);2-9,20H,10H2,1H3,(H,18,19). The van der Waals surface area contributed by atoms with Gasteiger partial charge in [-0.2, -0.15) is 0 Å². The van der Waals surface area contributed by atoms with Crippen LogP contribution in [0.2, 0.25) is 0 Å². The van der Waals surface area contributed by atoms with Gasteiger partial charge in [0, 0.05) is 177 Å². The van der Waals surface area contributed by atoms with E-state index >= 15 is 0 Å². The summed E-state index contributed by atoms with van der Waals surface area (Å²) >= 11 is 8.38. The normalized spacial score (nSPS) is 12.7. The number of likely N-dealkylation sites (tertiary alicyclic amines) is 1. The largest absolute Gasteiger partial charge is 0.391 e. The fourth-order valence-corrected chi connectivity index (χ4v) is 18.8. The van der Waals surface area contributed by atoms with Crippen molar-refractivity contribution in [3.8, 4) is 56.3 Å². The third kappa shape index (κ3) is 26.4. The first-order valence-corrected chi connectivity index (χ1v) is 44.9. The van der Waals surface area contributed by atoms with E-state index in [1.54, 1.807) is 57.7 Å². The summed E-state index contributed by atoms with van der Waals surface area (Å²) in [5, 5.41) is 31.1. The van der Waals surface area contributed by atoms with Crippen LogP contribution in [0.15, 0.2) is 244 Å². The maximum absolute atomic E-state index is 9.53. The van der Waals surface area contributed by atoms with Crippen molar-refractivity contribution >= 4 is 111 Å². The Morgan fingerprint density at radius 1 is 0.339 bits per heavy atom. The minimum absolute atomic E-state index is 0.0230. The Labute approximate surface area is 730 Å². The number of benzene rings is 5. The van der Waals surface area contributed by atoms with Crippen molar-refractivity contribution in [2.75, 3.05) is 93.2 Å². The Hall–Kier alpha value is -11.2. The van der Waals surface area contributed by atoms with Gasteiger partial charge in [-0.05, 0) is 237 Å². The molecular formula is C95H105N19O2S5. The van der Waals surface area contributed by atoms with E-state index in [1.807, 2.05) is 122 Å². The van der Waals surface area contributed by atoms with Gasteiger partial charge in [-0.1, -0.05) is 138 Å². The Morgan fingerprint density at radius 3 is 0.884 bits per heavy atom. The van der Waals surface area contributed by atoms with E-state index in [4.69, 9.17) is 24.7 Å². The van der Waals surface area contributed by atoms with E-state index in [0.717, 1.165) is 181 Å². The van der Waals surface area contributed by atoms with Gasteiger partial charge in [-0.25, -0.2) is 24.9 Å². The second-order valence-corrected chi connectivity index (χ2v) is 35.1. The molecule has 26 heteroatoms. The zero-order valence-corrected chi connectivity index (χ0v) is 74.1. The fourth-order valence-electron chi connectivity index (χ4n) is 13.7. The molecule has 0 atom stereocenters. The van der Waals surface area contributed by atoms with Gasteiger partial charge < -0.3 is 41.3 Å². The predicted molar refractivity (Wildman–Crippen MR) is 504 cm³/mol. The molecule has 2 aliphatic heterocycles. The van der Waals surface area contributed by atoms with Crippen LogP contribution >= 0.6 is 56.7 Å². The van der Waals surface area contributed by atoms with Gasteiger partial charge in [0.15, 0.2) is 25.7 Å². The maximum Gasteiger partial charge on any atom is 0.188 e. The summed E-state index contributed by atoms with van der Waals surface area (Å²) in [4.78, 5) is 60.1. The number of rotatable bonds is 26. The number of piperidine rings is 1. The number of hydrogen-bond donors (Lipinski definition) is 6. The summed E-state index contributed by atoms with van der Waals surface area (Å²) in [6, 6.07) is 61.6. The number of anilines is 10. The lowest BCUT2D eigenvalue weighted by Crippen LogP contribution is -2.35. The average molecular weight is 1710 g/mol. The number of pyridine rings is 5. The number of aryl methyl sites for hydroxylation is 5.